The lowest BCUT2D eigenvalue weighted by Gasteiger charge is -2.01. The van der Waals surface area contributed by atoms with Gasteiger partial charge in [0.25, 0.3) is 0 Å². The highest BCUT2D eigenvalue weighted by Gasteiger charge is 2.10. The molecule has 17 heavy (non-hydrogen) atoms. The van der Waals surface area contributed by atoms with Crippen LogP contribution in [0.3, 0.4) is 0 Å². The molecule has 84 valence electrons. The molecule has 0 bridgehead atoms. The van der Waals surface area contributed by atoms with Gasteiger partial charge in [-0.15, -0.1) is 0 Å². The summed E-state index contributed by atoms with van der Waals surface area (Å²) in [6, 6.07) is 12.6. The third-order valence-electron chi connectivity index (χ3n) is 3.32. The lowest BCUT2D eigenvalue weighted by molar-refractivity contribution is 0.615. The third kappa shape index (κ3) is 1.47. The highest BCUT2D eigenvalue weighted by Crippen LogP contribution is 2.33. The largest absolute Gasteiger partial charge is 0.464 e. The minimum atomic E-state index is 0.958. The van der Waals surface area contributed by atoms with Gasteiger partial charge in [0.1, 0.15) is 5.58 Å². The third-order valence-corrected chi connectivity index (χ3v) is 3.32. The zero-order valence-electron chi connectivity index (χ0n) is 10.0. The number of hydrogen-bond donors (Lipinski definition) is 0. The summed E-state index contributed by atoms with van der Waals surface area (Å²) in [5.74, 6) is 0. The van der Waals surface area contributed by atoms with E-state index in [-0.39, 0.29) is 0 Å². The molecule has 0 fully saturated rings. The predicted molar refractivity (Wildman–Crippen MR) is 73.0 cm³/mol. The van der Waals surface area contributed by atoms with Gasteiger partial charge in [-0.1, -0.05) is 36.4 Å². The van der Waals surface area contributed by atoms with E-state index in [1.165, 1.54) is 27.3 Å². The van der Waals surface area contributed by atoms with Gasteiger partial charge in [-0.2, -0.15) is 0 Å². The molecule has 0 amide bonds. The van der Waals surface area contributed by atoms with Crippen molar-refractivity contribution in [1.82, 2.24) is 0 Å². The van der Waals surface area contributed by atoms with Gasteiger partial charge in [-0.25, -0.2) is 0 Å². The van der Waals surface area contributed by atoms with E-state index in [2.05, 4.69) is 50.3 Å². The Morgan fingerprint density at radius 3 is 2.76 bits per heavy atom. The molecule has 0 aliphatic carbocycles. The number of benzene rings is 2. The predicted octanol–water partition coefficient (Wildman–Crippen LogP) is 5.01. The minimum Gasteiger partial charge on any atom is -0.464 e. The summed E-state index contributed by atoms with van der Waals surface area (Å²) in [5, 5.41) is 3.74. The monoisotopic (exact) mass is 222 g/mol. The summed E-state index contributed by atoms with van der Waals surface area (Å²) >= 11 is 0. The maximum absolute atomic E-state index is 5.64. The fraction of sp³-hybridized carbons (Fsp3) is 0.125. The quantitative estimate of drug-likeness (QED) is 0.564. The van der Waals surface area contributed by atoms with Gasteiger partial charge < -0.3 is 4.42 Å². The number of hydrogen-bond acceptors (Lipinski definition) is 1. The van der Waals surface area contributed by atoms with Crippen LogP contribution in [-0.4, -0.2) is 0 Å². The van der Waals surface area contributed by atoms with Crippen LogP contribution >= 0.6 is 0 Å². The van der Waals surface area contributed by atoms with Crippen molar-refractivity contribution in [2.45, 2.75) is 13.8 Å². The van der Waals surface area contributed by atoms with Crippen molar-refractivity contribution in [1.29, 1.82) is 0 Å². The van der Waals surface area contributed by atoms with Gasteiger partial charge in [0.05, 0.1) is 6.26 Å². The Morgan fingerprint density at radius 1 is 1.12 bits per heavy atom. The topological polar surface area (TPSA) is 13.1 Å². The molecular formula is C16H14O. The summed E-state index contributed by atoms with van der Waals surface area (Å²) in [4.78, 5) is 0. The minimum absolute atomic E-state index is 0.958. The van der Waals surface area contributed by atoms with Crippen molar-refractivity contribution >= 4 is 27.3 Å². The number of fused-ring (bicyclic) bond motifs is 3. The Balaban J connectivity index is 2.51. The SMILES string of the molecule is CC=C(C)c1coc2ccc3ccccc3c12. The van der Waals surface area contributed by atoms with Gasteiger partial charge in [0.2, 0.25) is 0 Å². The van der Waals surface area contributed by atoms with E-state index < -0.39 is 0 Å². The molecule has 3 rings (SSSR count). The van der Waals surface area contributed by atoms with Gasteiger partial charge in [-0.3, -0.25) is 0 Å². The standard InChI is InChI=1S/C16H14O/c1-3-11(2)14-10-17-15-9-8-12-6-4-5-7-13(12)16(14)15/h3-10H,1-2H3. The lowest BCUT2D eigenvalue weighted by Crippen LogP contribution is -1.78. The van der Waals surface area contributed by atoms with Crippen molar-refractivity contribution in [2.75, 3.05) is 0 Å². The highest BCUT2D eigenvalue weighted by molar-refractivity contribution is 6.10. The average molecular weight is 222 g/mol. The van der Waals surface area contributed by atoms with E-state index in [0.717, 1.165) is 5.58 Å². The van der Waals surface area contributed by atoms with Crippen LogP contribution < -0.4 is 0 Å². The number of allylic oxidation sites excluding steroid dienone is 2. The van der Waals surface area contributed by atoms with E-state index in [1.807, 2.05) is 12.3 Å². The van der Waals surface area contributed by atoms with E-state index in [0.29, 0.717) is 0 Å². The smallest absolute Gasteiger partial charge is 0.135 e. The molecule has 0 aliphatic rings. The Bertz CT molecular complexity index is 717. The van der Waals surface area contributed by atoms with Crippen molar-refractivity contribution in [3.63, 3.8) is 0 Å². The number of rotatable bonds is 1. The summed E-state index contributed by atoms with van der Waals surface area (Å²) in [5.41, 5.74) is 3.40. The molecular weight excluding hydrogens is 208 g/mol. The van der Waals surface area contributed by atoms with Crippen molar-refractivity contribution < 1.29 is 4.42 Å². The van der Waals surface area contributed by atoms with Crippen molar-refractivity contribution in [3.05, 3.63) is 54.3 Å². The second-order valence-electron chi connectivity index (χ2n) is 4.28. The summed E-state index contributed by atoms with van der Waals surface area (Å²) < 4.78 is 5.64. The average Bonchev–Trinajstić information content (AvgIpc) is 2.82. The molecule has 1 aromatic heterocycles. The summed E-state index contributed by atoms with van der Waals surface area (Å²) in [7, 11) is 0. The van der Waals surface area contributed by atoms with Crippen LogP contribution in [0.25, 0.3) is 27.3 Å². The maximum atomic E-state index is 5.64. The molecule has 3 aromatic rings. The van der Waals surface area contributed by atoms with E-state index in [9.17, 15) is 0 Å². The van der Waals surface area contributed by atoms with Crippen LogP contribution in [0.2, 0.25) is 0 Å². The van der Waals surface area contributed by atoms with E-state index >= 15 is 0 Å². The molecule has 0 radical (unpaired) electrons. The highest BCUT2D eigenvalue weighted by atomic mass is 16.3. The summed E-state index contributed by atoms with van der Waals surface area (Å²) in [6.45, 7) is 4.17. The molecule has 0 atom stereocenters. The van der Waals surface area contributed by atoms with Crippen molar-refractivity contribution in [3.8, 4) is 0 Å². The first kappa shape index (κ1) is 10.2. The first-order valence-electron chi connectivity index (χ1n) is 5.83. The molecule has 2 aromatic carbocycles. The molecule has 0 N–H and O–H groups in total. The molecule has 0 aliphatic heterocycles. The molecule has 1 heteroatoms. The van der Waals surface area contributed by atoms with Gasteiger partial charge in [0.15, 0.2) is 0 Å². The molecule has 1 nitrogen and oxygen atoms in total. The Hall–Kier alpha value is -2.02. The van der Waals surface area contributed by atoms with Gasteiger partial charge in [-0.05, 0) is 36.3 Å². The zero-order chi connectivity index (χ0) is 11.8. The molecule has 1 heterocycles. The Morgan fingerprint density at radius 2 is 1.94 bits per heavy atom. The summed E-state index contributed by atoms with van der Waals surface area (Å²) in [6.07, 6.45) is 3.97. The normalized spacial score (nSPS) is 12.5. The molecule has 0 saturated heterocycles. The second kappa shape index (κ2) is 3.77. The van der Waals surface area contributed by atoms with Crippen LogP contribution in [0.5, 0.6) is 0 Å². The Kier molecular flexibility index (Phi) is 2.25. The van der Waals surface area contributed by atoms with E-state index in [1.54, 1.807) is 0 Å². The van der Waals surface area contributed by atoms with Gasteiger partial charge >= 0.3 is 0 Å². The molecule has 0 spiro atoms. The van der Waals surface area contributed by atoms with E-state index in [4.69, 9.17) is 4.42 Å². The van der Waals surface area contributed by atoms with Crippen molar-refractivity contribution in [2.24, 2.45) is 0 Å². The van der Waals surface area contributed by atoms with Crippen LogP contribution in [0.15, 0.2) is 53.2 Å². The molecule has 0 unspecified atom stereocenters. The first-order valence-corrected chi connectivity index (χ1v) is 5.83. The van der Waals surface area contributed by atoms with Crippen LogP contribution in [0.1, 0.15) is 19.4 Å². The van der Waals surface area contributed by atoms with Crippen LogP contribution in [-0.2, 0) is 0 Å². The fourth-order valence-electron chi connectivity index (χ4n) is 2.25. The maximum Gasteiger partial charge on any atom is 0.135 e. The first-order chi connectivity index (χ1) is 8.31. The lowest BCUT2D eigenvalue weighted by atomic mass is 10.0. The van der Waals surface area contributed by atoms with Crippen LogP contribution in [0.4, 0.5) is 0 Å². The van der Waals surface area contributed by atoms with Crippen LogP contribution in [0, 0.1) is 0 Å². The fourth-order valence-corrected chi connectivity index (χ4v) is 2.25. The zero-order valence-corrected chi connectivity index (χ0v) is 10.0. The second-order valence-corrected chi connectivity index (χ2v) is 4.28. The number of furan rings is 1. The molecule has 0 saturated carbocycles. The Labute approximate surface area is 100 Å². The van der Waals surface area contributed by atoms with Gasteiger partial charge in [0, 0.05) is 10.9 Å².